The number of aromatic nitrogens is 3. The van der Waals surface area contributed by atoms with Gasteiger partial charge in [-0.15, -0.1) is 5.10 Å². The van der Waals surface area contributed by atoms with Crippen molar-refractivity contribution in [2.24, 2.45) is 0 Å². The molecule has 0 saturated carbocycles. The number of rotatable bonds is 7. The fourth-order valence-corrected chi connectivity index (χ4v) is 5.17. The van der Waals surface area contributed by atoms with Crippen LogP contribution in [0.5, 0.6) is 5.75 Å². The third kappa shape index (κ3) is 4.31. The summed E-state index contributed by atoms with van der Waals surface area (Å²) in [6, 6.07) is 3.94. The van der Waals surface area contributed by atoms with Crippen molar-refractivity contribution in [3.8, 4) is 5.75 Å². The number of nitrogens with zero attached hydrogens (tertiary/aromatic N) is 5. The molecule has 3 heterocycles. The van der Waals surface area contributed by atoms with E-state index < -0.39 is 0 Å². The molecule has 3 aromatic rings. The second-order valence-corrected chi connectivity index (χ2v) is 8.94. The number of amides is 1. The minimum atomic E-state index is -0.0971. The first kappa shape index (κ1) is 21.1. The van der Waals surface area contributed by atoms with Gasteiger partial charge < -0.3 is 9.47 Å². The number of carbonyl (C=O) groups is 1. The van der Waals surface area contributed by atoms with E-state index in [2.05, 4.69) is 14.5 Å². The van der Waals surface area contributed by atoms with Gasteiger partial charge in [-0.2, -0.15) is 0 Å². The molecule has 2 aromatic heterocycles. The Morgan fingerprint density at radius 1 is 1.30 bits per heavy atom. The molecule has 8 nitrogen and oxygen atoms in total. The molecule has 160 valence electrons. The summed E-state index contributed by atoms with van der Waals surface area (Å²) in [4.78, 5) is 22.9. The van der Waals surface area contributed by atoms with Gasteiger partial charge >= 0.3 is 0 Å². The lowest BCUT2D eigenvalue weighted by Crippen LogP contribution is -2.39. The van der Waals surface area contributed by atoms with Crippen LogP contribution in [-0.4, -0.2) is 71.9 Å². The van der Waals surface area contributed by atoms with Gasteiger partial charge in [0.15, 0.2) is 5.13 Å². The third-order valence-corrected chi connectivity index (χ3v) is 7.22. The number of ether oxygens (including phenoxy) is 2. The zero-order valence-electron chi connectivity index (χ0n) is 17.4. The lowest BCUT2D eigenvalue weighted by atomic mass is 10.2. The highest BCUT2D eigenvalue weighted by atomic mass is 32.1. The topological polar surface area (TPSA) is 80.7 Å². The number of hydrogen-bond donors (Lipinski definition) is 0. The molecule has 0 atom stereocenters. The molecule has 1 aliphatic heterocycles. The van der Waals surface area contributed by atoms with E-state index in [1.54, 1.807) is 12.0 Å². The summed E-state index contributed by atoms with van der Waals surface area (Å²) in [5.41, 5.74) is 2.56. The Kier molecular flexibility index (Phi) is 6.57. The first-order valence-corrected chi connectivity index (χ1v) is 11.5. The number of morpholine rings is 1. The summed E-state index contributed by atoms with van der Waals surface area (Å²) < 4.78 is 15.9. The molecule has 4 rings (SSSR count). The maximum Gasteiger partial charge on any atom is 0.273 e. The van der Waals surface area contributed by atoms with Crippen molar-refractivity contribution in [3.63, 3.8) is 0 Å². The molecule has 1 aromatic carbocycles. The van der Waals surface area contributed by atoms with Gasteiger partial charge in [-0.25, -0.2) is 4.98 Å². The second-order valence-electron chi connectivity index (χ2n) is 7.21. The number of fused-ring (bicyclic) bond motifs is 1. The van der Waals surface area contributed by atoms with Crippen molar-refractivity contribution in [3.05, 3.63) is 28.3 Å². The van der Waals surface area contributed by atoms with Crippen LogP contribution in [0.25, 0.3) is 10.2 Å². The van der Waals surface area contributed by atoms with Crippen LogP contribution in [0.1, 0.15) is 27.3 Å². The Bertz CT molecular complexity index is 1030. The molecule has 1 amide bonds. The van der Waals surface area contributed by atoms with Gasteiger partial charge in [0.1, 0.15) is 16.1 Å². The smallest absolute Gasteiger partial charge is 0.273 e. The molecular weight excluding hydrogens is 422 g/mol. The van der Waals surface area contributed by atoms with Crippen molar-refractivity contribution in [2.45, 2.75) is 20.3 Å². The summed E-state index contributed by atoms with van der Waals surface area (Å²) in [6.07, 6.45) is 0.850. The van der Waals surface area contributed by atoms with E-state index >= 15 is 0 Å². The molecule has 1 fully saturated rings. The van der Waals surface area contributed by atoms with E-state index in [1.807, 2.05) is 26.0 Å². The first-order chi connectivity index (χ1) is 14.6. The molecule has 30 heavy (non-hydrogen) atoms. The maximum atomic E-state index is 13.4. The largest absolute Gasteiger partial charge is 0.494 e. The molecule has 10 heteroatoms. The number of benzene rings is 1. The summed E-state index contributed by atoms with van der Waals surface area (Å²) in [5.74, 6) is 0.620. The van der Waals surface area contributed by atoms with Crippen molar-refractivity contribution in [1.29, 1.82) is 0 Å². The predicted molar refractivity (Wildman–Crippen MR) is 119 cm³/mol. The summed E-state index contributed by atoms with van der Waals surface area (Å²) >= 11 is 2.66. The predicted octanol–water partition coefficient (Wildman–Crippen LogP) is 3.14. The van der Waals surface area contributed by atoms with Gasteiger partial charge in [-0.1, -0.05) is 21.9 Å². The van der Waals surface area contributed by atoms with Crippen LogP contribution in [-0.2, 0) is 4.74 Å². The van der Waals surface area contributed by atoms with Gasteiger partial charge in [0.25, 0.3) is 5.91 Å². The molecule has 1 saturated heterocycles. The molecule has 0 spiro atoms. The minimum absolute atomic E-state index is 0.0971. The van der Waals surface area contributed by atoms with Crippen LogP contribution in [0.3, 0.4) is 0 Å². The lowest BCUT2D eigenvalue weighted by molar-refractivity contribution is 0.0376. The van der Waals surface area contributed by atoms with Crippen LogP contribution in [0.2, 0.25) is 0 Å². The molecular formula is C20H25N5O3S2. The summed E-state index contributed by atoms with van der Waals surface area (Å²) in [6.45, 7) is 8.76. The molecule has 0 N–H and O–H groups in total. The Morgan fingerprint density at radius 2 is 2.10 bits per heavy atom. The molecule has 0 aliphatic carbocycles. The van der Waals surface area contributed by atoms with E-state index in [9.17, 15) is 4.79 Å². The van der Waals surface area contributed by atoms with Crippen LogP contribution in [0.4, 0.5) is 5.13 Å². The number of hydrogen-bond acceptors (Lipinski definition) is 9. The average molecular weight is 448 g/mol. The zero-order valence-corrected chi connectivity index (χ0v) is 19.0. The monoisotopic (exact) mass is 447 g/mol. The highest BCUT2D eigenvalue weighted by Gasteiger charge is 2.26. The van der Waals surface area contributed by atoms with Gasteiger partial charge in [-0.3, -0.25) is 14.6 Å². The highest BCUT2D eigenvalue weighted by molar-refractivity contribution is 7.22. The number of methoxy groups -OCH3 is 1. The second kappa shape index (κ2) is 9.34. The Morgan fingerprint density at radius 3 is 2.80 bits per heavy atom. The number of thiazole rings is 1. The van der Waals surface area contributed by atoms with Gasteiger partial charge in [0.05, 0.1) is 30.7 Å². The van der Waals surface area contributed by atoms with Crippen LogP contribution < -0.4 is 9.64 Å². The van der Waals surface area contributed by atoms with E-state index in [0.29, 0.717) is 22.2 Å². The quantitative estimate of drug-likeness (QED) is 0.550. The van der Waals surface area contributed by atoms with E-state index in [-0.39, 0.29) is 5.91 Å². The Hall–Kier alpha value is -2.14. The Balaban J connectivity index is 1.62. The summed E-state index contributed by atoms with van der Waals surface area (Å²) in [7, 11) is 1.64. The van der Waals surface area contributed by atoms with E-state index in [4.69, 9.17) is 14.5 Å². The van der Waals surface area contributed by atoms with Crippen LogP contribution >= 0.6 is 22.9 Å². The standard InChI is InChI=1S/C20H25N5O3S2/c1-13-5-6-15(27-3)16-17(13)29-20(21-16)25(19(26)18-14(2)22-23-30-18)8-4-7-24-9-11-28-12-10-24/h5-6H,4,7-12H2,1-3H3. The first-order valence-electron chi connectivity index (χ1n) is 9.93. The van der Waals surface area contributed by atoms with E-state index in [0.717, 1.165) is 72.3 Å². The van der Waals surface area contributed by atoms with Crippen molar-refractivity contribution in [2.75, 3.05) is 51.4 Å². The minimum Gasteiger partial charge on any atom is -0.494 e. The number of anilines is 1. The van der Waals surface area contributed by atoms with Crippen molar-refractivity contribution in [1.82, 2.24) is 19.5 Å². The van der Waals surface area contributed by atoms with Gasteiger partial charge in [0.2, 0.25) is 0 Å². The van der Waals surface area contributed by atoms with Crippen molar-refractivity contribution >= 4 is 44.1 Å². The molecule has 0 unspecified atom stereocenters. The highest BCUT2D eigenvalue weighted by Crippen LogP contribution is 2.37. The molecule has 1 aliphatic rings. The summed E-state index contributed by atoms with van der Waals surface area (Å²) in [5, 5.41) is 4.69. The van der Waals surface area contributed by atoms with Crippen molar-refractivity contribution < 1.29 is 14.3 Å². The van der Waals surface area contributed by atoms with Gasteiger partial charge in [0, 0.05) is 26.2 Å². The maximum absolute atomic E-state index is 13.4. The SMILES string of the molecule is COc1ccc(C)c2sc(N(CCCN3CCOCC3)C(=O)c3snnc3C)nc12. The molecule has 0 radical (unpaired) electrons. The van der Waals surface area contributed by atoms with Crippen LogP contribution in [0.15, 0.2) is 12.1 Å². The fraction of sp³-hybridized carbons (Fsp3) is 0.500. The average Bonchev–Trinajstić information content (AvgIpc) is 3.39. The number of aryl methyl sites for hydroxylation is 2. The zero-order chi connectivity index (χ0) is 21.1. The van der Waals surface area contributed by atoms with Crippen LogP contribution in [0, 0.1) is 13.8 Å². The Labute approximate surface area is 183 Å². The lowest BCUT2D eigenvalue weighted by Gasteiger charge is -2.27. The van der Waals surface area contributed by atoms with Gasteiger partial charge in [-0.05, 0) is 43.4 Å². The number of carbonyl (C=O) groups excluding carboxylic acids is 1. The fourth-order valence-electron chi connectivity index (χ4n) is 3.49. The molecule has 0 bridgehead atoms. The third-order valence-electron chi connectivity index (χ3n) is 5.19. The normalized spacial score (nSPS) is 14.9. The van der Waals surface area contributed by atoms with E-state index in [1.165, 1.54) is 11.3 Å².